The molecule has 2 aromatic rings. The number of hydrogen-bond acceptors (Lipinski definition) is 2. The Bertz CT molecular complexity index is 465. The summed E-state index contributed by atoms with van der Waals surface area (Å²) >= 11 is 1.80. The number of phenolic OH excluding ortho intramolecular Hbond substituents is 1. The molecule has 0 atom stereocenters. The molecule has 0 bridgehead atoms. The average Bonchev–Trinajstić information content (AvgIpc) is 2.29. The summed E-state index contributed by atoms with van der Waals surface area (Å²) in [4.78, 5) is 1.22. The second-order valence-electron chi connectivity index (χ2n) is 3.72. The van der Waals surface area contributed by atoms with Gasteiger partial charge in [-0.2, -0.15) is 0 Å². The molecule has 2 rings (SSSR count). The van der Waals surface area contributed by atoms with Gasteiger partial charge in [0.15, 0.2) is 0 Å². The molecule has 0 radical (unpaired) electrons. The third-order valence-electron chi connectivity index (χ3n) is 2.40. The molecule has 0 aromatic heterocycles. The van der Waals surface area contributed by atoms with E-state index in [0.29, 0.717) is 5.75 Å². The van der Waals surface area contributed by atoms with Crippen LogP contribution >= 0.6 is 11.8 Å². The summed E-state index contributed by atoms with van der Waals surface area (Å²) in [5, 5.41) is 9.31. The second kappa shape index (κ2) is 5.08. The second-order valence-corrected chi connectivity index (χ2v) is 4.74. The third-order valence-corrected chi connectivity index (χ3v) is 3.64. The van der Waals surface area contributed by atoms with Crippen molar-refractivity contribution >= 4 is 11.8 Å². The van der Waals surface area contributed by atoms with E-state index in [1.165, 1.54) is 10.5 Å². The Balaban J connectivity index is 2.05. The Morgan fingerprint density at radius 2 is 1.81 bits per heavy atom. The monoisotopic (exact) mass is 230 g/mol. The fourth-order valence-corrected chi connectivity index (χ4v) is 2.50. The Labute approximate surface area is 100 Å². The largest absolute Gasteiger partial charge is 0.508 e. The van der Waals surface area contributed by atoms with Gasteiger partial charge in [-0.15, -0.1) is 11.8 Å². The van der Waals surface area contributed by atoms with Crippen molar-refractivity contribution in [2.45, 2.75) is 17.6 Å². The van der Waals surface area contributed by atoms with Crippen molar-refractivity contribution in [1.82, 2.24) is 0 Å². The quantitative estimate of drug-likeness (QED) is 0.804. The first-order valence-electron chi connectivity index (χ1n) is 5.22. The topological polar surface area (TPSA) is 20.2 Å². The SMILES string of the molecule is Cc1cc(O)ccc1SCc1ccccc1. The minimum atomic E-state index is 0.335. The minimum absolute atomic E-state index is 0.335. The van der Waals surface area contributed by atoms with Crippen LogP contribution in [0, 0.1) is 6.92 Å². The summed E-state index contributed by atoms with van der Waals surface area (Å²) in [7, 11) is 0. The van der Waals surface area contributed by atoms with E-state index >= 15 is 0 Å². The summed E-state index contributed by atoms with van der Waals surface area (Å²) in [5.74, 6) is 1.30. The predicted molar refractivity (Wildman–Crippen MR) is 68.8 cm³/mol. The van der Waals surface area contributed by atoms with Crippen molar-refractivity contribution in [2.75, 3.05) is 0 Å². The van der Waals surface area contributed by atoms with Crippen LogP contribution in [0.25, 0.3) is 0 Å². The van der Waals surface area contributed by atoms with E-state index in [0.717, 1.165) is 11.3 Å². The Morgan fingerprint density at radius 3 is 2.50 bits per heavy atom. The maximum absolute atomic E-state index is 9.31. The first kappa shape index (κ1) is 11.1. The summed E-state index contributed by atoms with van der Waals surface area (Å²) in [6, 6.07) is 15.9. The van der Waals surface area contributed by atoms with Gasteiger partial charge in [0.05, 0.1) is 0 Å². The summed E-state index contributed by atoms with van der Waals surface area (Å²) in [6.45, 7) is 2.02. The lowest BCUT2D eigenvalue weighted by atomic mass is 10.2. The van der Waals surface area contributed by atoms with Gasteiger partial charge in [0.2, 0.25) is 0 Å². The number of thioether (sulfide) groups is 1. The minimum Gasteiger partial charge on any atom is -0.508 e. The van der Waals surface area contributed by atoms with Crippen molar-refractivity contribution in [3.63, 3.8) is 0 Å². The van der Waals surface area contributed by atoms with Crippen LogP contribution in [0.5, 0.6) is 5.75 Å². The van der Waals surface area contributed by atoms with E-state index in [9.17, 15) is 5.11 Å². The fourth-order valence-electron chi connectivity index (χ4n) is 1.53. The number of aromatic hydroxyl groups is 1. The molecule has 1 N–H and O–H groups in total. The normalized spacial score (nSPS) is 10.3. The van der Waals surface area contributed by atoms with Gasteiger partial charge in [-0.3, -0.25) is 0 Å². The molecule has 0 saturated carbocycles. The molecule has 0 aliphatic carbocycles. The van der Waals surface area contributed by atoms with Crippen LogP contribution in [0.3, 0.4) is 0 Å². The highest BCUT2D eigenvalue weighted by molar-refractivity contribution is 7.98. The van der Waals surface area contributed by atoms with E-state index in [-0.39, 0.29) is 0 Å². The van der Waals surface area contributed by atoms with Crippen LogP contribution in [0.2, 0.25) is 0 Å². The molecular weight excluding hydrogens is 216 g/mol. The van der Waals surface area contributed by atoms with Crippen LogP contribution in [0.1, 0.15) is 11.1 Å². The first-order valence-corrected chi connectivity index (χ1v) is 6.20. The van der Waals surface area contributed by atoms with E-state index in [4.69, 9.17) is 0 Å². The molecule has 0 aliphatic rings. The lowest BCUT2D eigenvalue weighted by molar-refractivity contribution is 0.474. The predicted octanol–water partition coefficient (Wildman–Crippen LogP) is 3.99. The van der Waals surface area contributed by atoms with Gasteiger partial charge in [0.1, 0.15) is 5.75 Å². The molecule has 0 amide bonds. The zero-order valence-corrected chi connectivity index (χ0v) is 10.00. The van der Waals surface area contributed by atoms with Gasteiger partial charge in [-0.05, 0) is 36.2 Å². The Morgan fingerprint density at radius 1 is 1.06 bits per heavy atom. The molecule has 1 nitrogen and oxygen atoms in total. The standard InChI is InChI=1S/C14H14OS/c1-11-9-13(15)7-8-14(11)16-10-12-5-3-2-4-6-12/h2-9,15H,10H2,1H3. The molecule has 0 fully saturated rings. The molecule has 82 valence electrons. The van der Waals surface area contributed by atoms with E-state index < -0.39 is 0 Å². The van der Waals surface area contributed by atoms with Gasteiger partial charge >= 0.3 is 0 Å². The molecular formula is C14H14OS. The van der Waals surface area contributed by atoms with Crippen molar-refractivity contribution in [3.05, 3.63) is 59.7 Å². The van der Waals surface area contributed by atoms with Gasteiger partial charge in [-0.25, -0.2) is 0 Å². The lowest BCUT2D eigenvalue weighted by Crippen LogP contribution is -1.82. The maximum Gasteiger partial charge on any atom is 0.115 e. The summed E-state index contributed by atoms with van der Waals surface area (Å²) < 4.78 is 0. The highest BCUT2D eigenvalue weighted by Crippen LogP contribution is 2.28. The van der Waals surface area contributed by atoms with Crippen LogP contribution < -0.4 is 0 Å². The highest BCUT2D eigenvalue weighted by Gasteiger charge is 2.00. The highest BCUT2D eigenvalue weighted by atomic mass is 32.2. The van der Waals surface area contributed by atoms with Crippen molar-refractivity contribution in [3.8, 4) is 5.75 Å². The molecule has 0 heterocycles. The molecule has 16 heavy (non-hydrogen) atoms. The zero-order valence-electron chi connectivity index (χ0n) is 9.18. The smallest absolute Gasteiger partial charge is 0.115 e. The van der Waals surface area contributed by atoms with E-state index in [1.54, 1.807) is 23.9 Å². The number of rotatable bonds is 3. The van der Waals surface area contributed by atoms with Gasteiger partial charge in [0.25, 0.3) is 0 Å². The third kappa shape index (κ3) is 2.80. The number of benzene rings is 2. The van der Waals surface area contributed by atoms with Crippen LogP contribution in [-0.4, -0.2) is 5.11 Å². The van der Waals surface area contributed by atoms with Crippen LogP contribution in [0.15, 0.2) is 53.4 Å². The van der Waals surface area contributed by atoms with E-state index in [2.05, 4.69) is 24.3 Å². The molecule has 0 spiro atoms. The van der Waals surface area contributed by atoms with Crippen LogP contribution in [0.4, 0.5) is 0 Å². The van der Waals surface area contributed by atoms with Crippen molar-refractivity contribution in [2.24, 2.45) is 0 Å². The summed E-state index contributed by atoms with van der Waals surface area (Å²) in [5.41, 5.74) is 2.45. The summed E-state index contributed by atoms with van der Waals surface area (Å²) in [6.07, 6.45) is 0. The van der Waals surface area contributed by atoms with Crippen LogP contribution in [-0.2, 0) is 5.75 Å². The number of hydrogen-bond donors (Lipinski definition) is 1. The molecule has 2 aromatic carbocycles. The van der Waals surface area contributed by atoms with Crippen molar-refractivity contribution in [1.29, 1.82) is 0 Å². The molecule has 0 aliphatic heterocycles. The fraction of sp³-hybridized carbons (Fsp3) is 0.143. The lowest BCUT2D eigenvalue weighted by Gasteiger charge is -2.05. The number of phenols is 1. The molecule has 2 heteroatoms. The van der Waals surface area contributed by atoms with Gasteiger partial charge in [0, 0.05) is 10.6 Å². The van der Waals surface area contributed by atoms with Gasteiger partial charge in [-0.1, -0.05) is 30.3 Å². The molecule has 0 unspecified atom stereocenters. The average molecular weight is 230 g/mol. The zero-order chi connectivity index (χ0) is 11.4. The van der Waals surface area contributed by atoms with Crippen molar-refractivity contribution < 1.29 is 5.11 Å². The maximum atomic E-state index is 9.31. The Kier molecular flexibility index (Phi) is 3.52. The first-order chi connectivity index (χ1) is 7.75. The van der Waals surface area contributed by atoms with E-state index in [1.807, 2.05) is 19.1 Å². The Hall–Kier alpha value is -1.41. The van der Waals surface area contributed by atoms with Gasteiger partial charge < -0.3 is 5.11 Å². The number of aryl methyl sites for hydroxylation is 1. The molecule has 0 saturated heterocycles.